The van der Waals surface area contributed by atoms with Crippen LogP contribution >= 0.6 is 0 Å². The van der Waals surface area contributed by atoms with Crippen LogP contribution in [0.1, 0.15) is 34.6 Å². The van der Waals surface area contributed by atoms with Crippen LogP contribution in [0.5, 0.6) is 0 Å². The summed E-state index contributed by atoms with van der Waals surface area (Å²) in [4.78, 5) is 17.9. The molecular weight excluding hydrogens is 337 g/mol. The number of carbonyl (C=O) groups excluding carboxylic acids is 1. The van der Waals surface area contributed by atoms with Gasteiger partial charge in [-0.25, -0.2) is 0 Å². The number of hydrogen-bond acceptors (Lipinski definition) is 4. The summed E-state index contributed by atoms with van der Waals surface area (Å²) >= 11 is 0. The lowest BCUT2D eigenvalue weighted by Gasteiger charge is -2.32. The molecular formula is C16H17F3N4O2. The van der Waals surface area contributed by atoms with Gasteiger partial charge in [0, 0.05) is 31.5 Å². The second-order valence-corrected chi connectivity index (χ2v) is 5.85. The summed E-state index contributed by atoms with van der Waals surface area (Å²) in [6, 6.07) is 4.44. The molecule has 9 heteroatoms. The molecule has 1 atom stereocenters. The van der Waals surface area contributed by atoms with Gasteiger partial charge in [-0.15, -0.1) is 0 Å². The molecule has 0 radical (unpaired) electrons. The van der Waals surface area contributed by atoms with E-state index in [9.17, 15) is 18.0 Å². The second-order valence-electron chi connectivity index (χ2n) is 5.85. The first-order chi connectivity index (χ1) is 11.9. The van der Waals surface area contributed by atoms with E-state index >= 15 is 0 Å². The third-order valence-corrected chi connectivity index (χ3v) is 3.98. The number of amides is 1. The van der Waals surface area contributed by atoms with E-state index in [2.05, 4.69) is 10.1 Å². The number of alkyl halides is 3. The molecule has 1 N–H and O–H groups in total. The number of halogens is 3. The summed E-state index contributed by atoms with van der Waals surface area (Å²) in [5.41, 5.74) is -0.342. The fourth-order valence-corrected chi connectivity index (χ4v) is 2.69. The van der Waals surface area contributed by atoms with Gasteiger partial charge < -0.3 is 9.64 Å². The topological polar surface area (TPSA) is 71.1 Å². The van der Waals surface area contributed by atoms with Gasteiger partial charge in [0.1, 0.15) is 5.69 Å². The Labute approximate surface area is 142 Å². The number of likely N-dealkylation sites (tertiary alicyclic amines) is 1. The molecule has 1 aliphatic rings. The number of aromatic nitrogens is 3. The van der Waals surface area contributed by atoms with E-state index in [-0.39, 0.29) is 11.8 Å². The zero-order valence-electron chi connectivity index (χ0n) is 13.3. The smallest absolute Gasteiger partial charge is 0.372 e. The predicted molar refractivity (Wildman–Crippen MR) is 81.5 cm³/mol. The molecule has 2 aromatic heterocycles. The maximum Gasteiger partial charge on any atom is 0.432 e. The van der Waals surface area contributed by atoms with Gasteiger partial charge in [0.25, 0.3) is 5.91 Å². The number of hydrogen-bond donors (Lipinski definition) is 1. The number of nitrogens with one attached hydrogen (secondary N) is 1. The monoisotopic (exact) mass is 354 g/mol. The van der Waals surface area contributed by atoms with Crippen molar-refractivity contribution >= 4 is 5.91 Å². The zero-order chi connectivity index (χ0) is 17.9. The molecule has 25 heavy (non-hydrogen) atoms. The summed E-state index contributed by atoms with van der Waals surface area (Å²) < 4.78 is 43.6. The van der Waals surface area contributed by atoms with E-state index in [0.29, 0.717) is 19.7 Å². The third-order valence-electron chi connectivity index (χ3n) is 3.98. The lowest BCUT2D eigenvalue weighted by atomic mass is 10.1. The van der Waals surface area contributed by atoms with Crippen LogP contribution in [0.3, 0.4) is 0 Å². The molecule has 3 heterocycles. The van der Waals surface area contributed by atoms with Gasteiger partial charge in [-0.05, 0) is 24.5 Å². The molecule has 1 amide bonds. The van der Waals surface area contributed by atoms with E-state index in [0.717, 1.165) is 24.5 Å². The molecule has 3 rings (SSSR count). The van der Waals surface area contributed by atoms with E-state index in [1.54, 1.807) is 12.4 Å². The fourth-order valence-electron chi connectivity index (χ4n) is 2.69. The maximum absolute atomic E-state index is 12.6. The molecule has 0 saturated carbocycles. The van der Waals surface area contributed by atoms with E-state index in [1.165, 1.54) is 4.90 Å². The Morgan fingerprint density at radius 1 is 1.44 bits per heavy atom. The number of pyridine rings is 1. The van der Waals surface area contributed by atoms with Crippen LogP contribution in [0, 0.1) is 0 Å². The summed E-state index contributed by atoms with van der Waals surface area (Å²) in [5, 5.41) is 5.35. The normalized spacial score (nSPS) is 18.4. The predicted octanol–water partition coefficient (Wildman–Crippen LogP) is 2.64. The number of piperidine rings is 1. The van der Waals surface area contributed by atoms with Gasteiger partial charge in [-0.1, -0.05) is 6.07 Å². The molecule has 134 valence electrons. The van der Waals surface area contributed by atoms with Crippen molar-refractivity contribution in [1.82, 2.24) is 20.1 Å². The van der Waals surface area contributed by atoms with Crippen molar-refractivity contribution in [2.24, 2.45) is 0 Å². The van der Waals surface area contributed by atoms with Crippen LogP contribution in [-0.2, 0) is 17.5 Å². The highest BCUT2D eigenvalue weighted by Gasteiger charge is 2.35. The summed E-state index contributed by atoms with van der Waals surface area (Å²) in [5.74, 6) is -0.526. The number of H-pyrrole nitrogens is 1. The lowest BCUT2D eigenvalue weighted by Crippen LogP contribution is -2.43. The second kappa shape index (κ2) is 7.22. The van der Waals surface area contributed by atoms with E-state index < -0.39 is 17.8 Å². The molecule has 0 aromatic carbocycles. The number of rotatable bonds is 4. The number of aromatic amines is 1. The van der Waals surface area contributed by atoms with Gasteiger partial charge in [0.2, 0.25) is 0 Å². The van der Waals surface area contributed by atoms with Crippen LogP contribution in [0.25, 0.3) is 0 Å². The molecule has 0 aliphatic carbocycles. The molecule has 2 aromatic rings. The van der Waals surface area contributed by atoms with Gasteiger partial charge in [-0.3, -0.25) is 14.9 Å². The van der Waals surface area contributed by atoms with Crippen molar-refractivity contribution < 1.29 is 22.7 Å². The minimum Gasteiger partial charge on any atom is -0.372 e. The largest absolute Gasteiger partial charge is 0.432 e. The van der Waals surface area contributed by atoms with Crippen molar-refractivity contribution in [1.29, 1.82) is 0 Å². The van der Waals surface area contributed by atoms with Gasteiger partial charge >= 0.3 is 6.18 Å². The van der Waals surface area contributed by atoms with Crippen molar-refractivity contribution in [2.75, 3.05) is 13.1 Å². The van der Waals surface area contributed by atoms with Crippen LogP contribution in [-0.4, -0.2) is 45.2 Å². The van der Waals surface area contributed by atoms with Gasteiger partial charge in [-0.2, -0.15) is 18.3 Å². The highest BCUT2D eigenvalue weighted by molar-refractivity contribution is 5.92. The Bertz CT molecular complexity index is 718. The molecule has 1 unspecified atom stereocenters. The maximum atomic E-state index is 12.6. The fraction of sp³-hybridized carbons (Fsp3) is 0.438. The summed E-state index contributed by atoms with van der Waals surface area (Å²) in [6.07, 6.45) is 0.165. The molecule has 1 aliphatic heterocycles. The minimum atomic E-state index is -4.55. The number of carbonyl (C=O) groups is 1. The van der Waals surface area contributed by atoms with Crippen molar-refractivity contribution in [3.8, 4) is 0 Å². The highest BCUT2D eigenvalue weighted by atomic mass is 19.4. The Kier molecular flexibility index (Phi) is 5.03. The SMILES string of the molecule is O=C(c1cc(C(F)(F)F)[nH]n1)N1CCCC(OCc2cccnc2)C1. The average molecular weight is 354 g/mol. The van der Waals surface area contributed by atoms with Crippen LogP contribution in [0.15, 0.2) is 30.6 Å². The van der Waals surface area contributed by atoms with Gasteiger partial charge in [0.15, 0.2) is 5.69 Å². The summed E-state index contributed by atoms with van der Waals surface area (Å²) in [7, 11) is 0. The Hall–Kier alpha value is -2.42. The molecule has 0 spiro atoms. The van der Waals surface area contributed by atoms with E-state index in [4.69, 9.17) is 4.74 Å². The molecule has 1 saturated heterocycles. The Morgan fingerprint density at radius 2 is 2.28 bits per heavy atom. The number of ether oxygens (including phenoxy) is 1. The van der Waals surface area contributed by atoms with Crippen molar-refractivity contribution in [2.45, 2.75) is 31.7 Å². The van der Waals surface area contributed by atoms with Crippen LogP contribution in [0.4, 0.5) is 13.2 Å². The molecule has 0 bridgehead atoms. The quantitative estimate of drug-likeness (QED) is 0.916. The standard InChI is InChI=1S/C16H17F3N4O2/c17-16(18,19)14-7-13(21-22-14)15(24)23-6-2-4-12(9-23)25-10-11-3-1-5-20-8-11/h1,3,5,7-8,12H,2,4,6,9-10H2,(H,21,22). The van der Waals surface area contributed by atoms with Crippen molar-refractivity contribution in [3.05, 3.63) is 47.5 Å². The summed E-state index contributed by atoms with van der Waals surface area (Å²) in [6.45, 7) is 1.17. The van der Waals surface area contributed by atoms with Gasteiger partial charge in [0.05, 0.1) is 12.7 Å². The Balaban J connectivity index is 1.59. The minimum absolute atomic E-state index is 0.168. The zero-order valence-corrected chi connectivity index (χ0v) is 13.3. The third kappa shape index (κ3) is 4.36. The van der Waals surface area contributed by atoms with Crippen LogP contribution < -0.4 is 0 Å². The average Bonchev–Trinajstić information content (AvgIpc) is 3.11. The highest BCUT2D eigenvalue weighted by Crippen LogP contribution is 2.28. The number of nitrogens with zero attached hydrogens (tertiary/aromatic N) is 3. The first kappa shape index (κ1) is 17.4. The first-order valence-electron chi connectivity index (χ1n) is 7.86. The molecule has 1 fully saturated rings. The molecule has 6 nitrogen and oxygen atoms in total. The van der Waals surface area contributed by atoms with Crippen molar-refractivity contribution in [3.63, 3.8) is 0 Å². The van der Waals surface area contributed by atoms with E-state index in [1.807, 2.05) is 17.2 Å². The first-order valence-corrected chi connectivity index (χ1v) is 7.86. The Morgan fingerprint density at radius 3 is 2.96 bits per heavy atom. The lowest BCUT2D eigenvalue weighted by molar-refractivity contribution is -0.141. The van der Waals surface area contributed by atoms with Crippen LogP contribution in [0.2, 0.25) is 0 Å².